The number of hydrogen-bond donors (Lipinski definition) is 3. The van der Waals surface area contributed by atoms with Crippen LogP contribution in [0.1, 0.15) is 11.3 Å². The molecule has 0 aliphatic heterocycles. The van der Waals surface area contributed by atoms with E-state index in [2.05, 4.69) is 4.98 Å². The first-order valence-corrected chi connectivity index (χ1v) is 7.03. The fourth-order valence-corrected chi connectivity index (χ4v) is 2.03. The summed E-state index contributed by atoms with van der Waals surface area (Å²) in [5, 5.41) is 19.6. The Hall–Kier alpha value is -3.89. The normalized spacial score (nSPS) is 10.7. The minimum Gasteiger partial charge on any atom is -0.493 e. The van der Waals surface area contributed by atoms with Crippen molar-refractivity contribution in [2.75, 3.05) is 13.7 Å². The third kappa shape index (κ3) is 4.35. The Morgan fingerprint density at radius 3 is 2.62 bits per heavy atom. The van der Waals surface area contributed by atoms with Crippen molar-refractivity contribution < 1.29 is 24.3 Å². The van der Waals surface area contributed by atoms with Gasteiger partial charge in [-0.3, -0.25) is 19.9 Å². The van der Waals surface area contributed by atoms with Crippen LogP contribution in [0.3, 0.4) is 0 Å². The van der Waals surface area contributed by atoms with Gasteiger partial charge in [-0.25, -0.2) is 9.59 Å². The number of aromatic nitrogens is 2. The number of nitrogens with one attached hydrogen (secondary N) is 2. The van der Waals surface area contributed by atoms with E-state index in [4.69, 9.17) is 14.6 Å². The number of carboxylic acid groups (broad SMARTS) is 1. The summed E-state index contributed by atoms with van der Waals surface area (Å²) in [5.74, 6) is -0.716. The molecule has 2 aromatic rings. The van der Waals surface area contributed by atoms with Crippen LogP contribution in [0.2, 0.25) is 0 Å². The van der Waals surface area contributed by atoms with Gasteiger partial charge >= 0.3 is 22.9 Å². The molecule has 0 atom stereocenters. The van der Waals surface area contributed by atoms with Crippen LogP contribution in [0.15, 0.2) is 27.8 Å². The van der Waals surface area contributed by atoms with Crippen molar-refractivity contribution in [2.24, 2.45) is 0 Å². The summed E-state index contributed by atoms with van der Waals surface area (Å²) < 4.78 is 10.2. The highest BCUT2D eigenvalue weighted by Crippen LogP contribution is 2.28. The highest BCUT2D eigenvalue weighted by atomic mass is 16.6. The highest BCUT2D eigenvalue weighted by Gasteiger charge is 2.18. The third-order valence-corrected chi connectivity index (χ3v) is 3.11. The largest absolute Gasteiger partial charge is 0.493 e. The number of carboxylic acids is 1. The van der Waals surface area contributed by atoms with Gasteiger partial charge in [0.1, 0.15) is 5.69 Å². The summed E-state index contributed by atoms with van der Waals surface area (Å²) in [6, 6.07) is 4.48. The fourth-order valence-electron chi connectivity index (χ4n) is 2.03. The van der Waals surface area contributed by atoms with Crippen LogP contribution in [0.4, 0.5) is 5.69 Å². The summed E-state index contributed by atoms with van der Waals surface area (Å²) in [4.78, 5) is 47.5. The minimum absolute atomic E-state index is 0.197. The SMILES string of the molecule is COc1cc(C=Cc2[nH]c(=O)[nH]c(=O)c2[N+](=O)[O-])ccc1OCC(=O)O. The van der Waals surface area contributed by atoms with Gasteiger partial charge in [-0.1, -0.05) is 12.1 Å². The van der Waals surface area contributed by atoms with Gasteiger partial charge in [0.15, 0.2) is 18.1 Å². The molecule has 0 unspecified atom stereocenters. The molecule has 0 saturated heterocycles. The first kappa shape index (κ1) is 18.4. The van der Waals surface area contributed by atoms with Crippen molar-refractivity contribution in [3.8, 4) is 11.5 Å². The third-order valence-electron chi connectivity index (χ3n) is 3.11. The van der Waals surface area contributed by atoms with Crippen LogP contribution < -0.4 is 20.7 Å². The van der Waals surface area contributed by atoms with E-state index in [0.717, 1.165) is 0 Å². The first-order valence-electron chi connectivity index (χ1n) is 7.03. The quantitative estimate of drug-likeness (QED) is 0.475. The van der Waals surface area contributed by atoms with E-state index >= 15 is 0 Å². The molecule has 2 rings (SSSR count). The Kier molecular flexibility index (Phi) is 5.53. The molecule has 0 spiro atoms. The van der Waals surface area contributed by atoms with E-state index in [-0.39, 0.29) is 17.2 Å². The summed E-state index contributed by atoms with van der Waals surface area (Å²) >= 11 is 0. The number of nitrogens with zero attached hydrogens (tertiary/aromatic N) is 1. The molecule has 0 aliphatic rings. The molecule has 26 heavy (non-hydrogen) atoms. The highest BCUT2D eigenvalue weighted by molar-refractivity contribution is 5.73. The monoisotopic (exact) mass is 363 g/mol. The second-order valence-corrected chi connectivity index (χ2v) is 4.85. The Morgan fingerprint density at radius 2 is 2.00 bits per heavy atom. The maximum absolute atomic E-state index is 11.6. The van der Waals surface area contributed by atoms with Crippen LogP contribution in [-0.4, -0.2) is 39.7 Å². The standard InChI is InChI=1S/C15H13N3O8/c1-25-11-6-8(3-5-10(11)26-7-12(19)20)2-4-9-13(18(23)24)14(21)17-15(22)16-9/h2-6H,7H2,1H3,(H,19,20)(H2,16,17,21,22). The van der Waals surface area contributed by atoms with Crippen molar-refractivity contribution in [3.63, 3.8) is 0 Å². The number of hydrogen-bond acceptors (Lipinski definition) is 7. The maximum Gasteiger partial charge on any atom is 0.357 e. The first-order chi connectivity index (χ1) is 12.3. The van der Waals surface area contributed by atoms with Gasteiger partial charge in [0.05, 0.1) is 12.0 Å². The molecule has 11 heteroatoms. The number of aromatic amines is 2. The van der Waals surface area contributed by atoms with Gasteiger partial charge in [0, 0.05) is 0 Å². The molecule has 3 N–H and O–H groups in total. The number of rotatable bonds is 7. The molecule has 1 heterocycles. The van der Waals surface area contributed by atoms with Crippen LogP contribution in [0.25, 0.3) is 12.2 Å². The second-order valence-electron chi connectivity index (χ2n) is 4.85. The molecule has 1 aromatic heterocycles. The number of ether oxygens (including phenoxy) is 2. The Labute approximate surface area is 144 Å². The molecule has 0 bridgehead atoms. The van der Waals surface area contributed by atoms with Crippen molar-refractivity contribution in [2.45, 2.75) is 0 Å². The van der Waals surface area contributed by atoms with Crippen molar-refractivity contribution in [1.82, 2.24) is 9.97 Å². The predicted octanol–water partition coefficient (Wildman–Crippen LogP) is 0.614. The van der Waals surface area contributed by atoms with Gasteiger partial charge in [-0.15, -0.1) is 0 Å². The van der Waals surface area contributed by atoms with E-state index in [1.807, 2.05) is 0 Å². The Morgan fingerprint density at radius 1 is 1.27 bits per heavy atom. The van der Waals surface area contributed by atoms with E-state index in [9.17, 15) is 24.5 Å². The zero-order chi connectivity index (χ0) is 19.3. The van der Waals surface area contributed by atoms with E-state index in [0.29, 0.717) is 5.56 Å². The van der Waals surface area contributed by atoms with Crippen molar-refractivity contribution >= 4 is 23.8 Å². The second kappa shape index (κ2) is 7.79. The molecule has 136 valence electrons. The average molecular weight is 363 g/mol. The number of benzene rings is 1. The van der Waals surface area contributed by atoms with Gasteiger partial charge in [0.25, 0.3) is 0 Å². The lowest BCUT2D eigenvalue weighted by Gasteiger charge is -2.09. The molecule has 0 aliphatic carbocycles. The zero-order valence-electron chi connectivity index (χ0n) is 13.3. The van der Waals surface area contributed by atoms with E-state index in [1.54, 1.807) is 4.98 Å². The van der Waals surface area contributed by atoms with Crippen LogP contribution in [0, 0.1) is 10.1 Å². The number of nitro groups is 1. The Bertz CT molecular complexity index is 989. The van der Waals surface area contributed by atoms with Crippen molar-refractivity contribution in [1.29, 1.82) is 0 Å². The molecule has 1 aromatic carbocycles. The fraction of sp³-hybridized carbons (Fsp3) is 0.133. The van der Waals surface area contributed by atoms with E-state index < -0.39 is 34.4 Å². The van der Waals surface area contributed by atoms with E-state index in [1.165, 1.54) is 37.5 Å². The zero-order valence-corrected chi connectivity index (χ0v) is 13.3. The van der Waals surface area contributed by atoms with Gasteiger partial charge in [0.2, 0.25) is 0 Å². The predicted molar refractivity (Wildman–Crippen MR) is 89.4 cm³/mol. The topological polar surface area (TPSA) is 165 Å². The molecular weight excluding hydrogens is 350 g/mol. The maximum atomic E-state index is 11.6. The molecule has 0 saturated carbocycles. The summed E-state index contributed by atoms with van der Waals surface area (Å²) in [7, 11) is 1.36. The van der Waals surface area contributed by atoms with Crippen LogP contribution in [-0.2, 0) is 4.79 Å². The Balaban J connectivity index is 2.37. The molecule has 0 radical (unpaired) electrons. The molecular formula is C15H13N3O8. The van der Waals surface area contributed by atoms with Gasteiger partial charge in [-0.2, -0.15) is 0 Å². The van der Waals surface area contributed by atoms with Crippen molar-refractivity contribution in [3.05, 3.63) is 60.4 Å². The number of H-pyrrole nitrogens is 2. The van der Waals surface area contributed by atoms with Gasteiger partial charge in [-0.05, 0) is 23.8 Å². The number of carbonyl (C=O) groups is 1. The van der Waals surface area contributed by atoms with Gasteiger partial charge < -0.3 is 19.6 Å². The summed E-state index contributed by atoms with van der Waals surface area (Å²) in [6.45, 7) is -0.550. The average Bonchev–Trinajstić information content (AvgIpc) is 2.57. The molecule has 0 amide bonds. The lowest BCUT2D eigenvalue weighted by atomic mass is 10.1. The van der Waals surface area contributed by atoms with Crippen LogP contribution >= 0.6 is 0 Å². The lowest BCUT2D eigenvalue weighted by molar-refractivity contribution is -0.386. The molecule has 11 nitrogen and oxygen atoms in total. The molecule has 0 fully saturated rings. The number of aliphatic carboxylic acids is 1. The lowest BCUT2D eigenvalue weighted by Crippen LogP contribution is -2.25. The van der Waals surface area contributed by atoms with Crippen LogP contribution in [0.5, 0.6) is 11.5 Å². The summed E-state index contributed by atoms with van der Waals surface area (Å²) in [6.07, 6.45) is 2.60. The summed E-state index contributed by atoms with van der Waals surface area (Å²) in [5.41, 5.74) is -2.56. The smallest absolute Gasteiger partial charge is 0.357 e. The number of methoxy groups -OCH3 is 1. The minimum atomic E-state index is -1.15.